The lowest BCUT2D eigenvalue weighted by atomic mass is 10.1. The number of aliphatic hydroxyl groups is 1. The molecule has 1 aromatic carbocycles. The lowest BCUT2D eigenvalue weighted by Gasteiger charge is -2.28. The van der Waals surface area contributed by atoms with Crippen LogP contribution < -0.4 is 4.74 Å². The molecule has 0 unspecified atom stereocenters. The topological polar surface area (TPSA) is 41.9 Å². The first kappa shape index (κ1) is 13.9. The fraction of sp³-hybridized carbons (Fsp3) is 0.625. The van der Waals surface area contributed by atoms with E-state index < -0.39 is 0 Å². The Hall–Kier alpha value is -1.10. The van der Waals surface area contributed by atoms with Crippen LogP contribution in [0.3, 0.4) is 0 Å². The number of nitrogens with zero attached hydrogens (tertiary/aromatic N) is 1. The molecule has 1 atom stereocenters. The van der Waals surface area contributed by atoms with Crippen LogP contribution in [0.4, 0.5) is 0 Å². The van der Waals surface area contributed by atoms with Crippen molar-refractivity contribution in [1.29, 1.82) is 0 Å². The summed E-state index contributed by atoms with van der Waals surface area (Å²) in [6.45, 7) is 4.50. The molecule has 110 valence electrons. The van der Waals surface area contributed by atoms with Crippen LogP contribution >= 0.6 is 0 Å². The predicted molar refractivity (Wildman–Crippen MR) is 76.7 cm³/mol. The van der Waals surface area contributed by atoms with E-state index in [9.17, 15) is 5.11 Å². The van der Waals surface area contributed by atoms with E-state index in [2.05, 4.69) is 11.0 Å². The van der Waals surface area contributed by atoms with E-state index in [1.54, 1.807) is 0 Å². The van der Waals surface area contributed by atoms with E-state index in [-0.39, 0.29) is 6.61 Å². The summed E-state index contributed by atoms with van der Waals surface area (Å²) in [7, 11) is 0. The van der Waals surface area contributed by atoms with Gasteiger partial charge in [0.1, 0.15) is 12.4 Å². The standard InChI is InChI=1S/C16H23NO3/c18-12-13-4-5-16-14(9-13)10-17(6-8-20-16)11-15-3-1-2-7-19-15/h4-5,9,15,18H,1-3,6-8,10-12H2/t15-/m0/s1. The van der Waals surface area contributed by atoms with Gasteiger partial charge in [0, 0.05) is 31.8 Å². The molecule has 1 fully saturated rings. The van der Waals surface area contributed by atoms with E-state index in [0.29, 0.717) is 6.10 Å². The summed E-state index contributed by atoms with van der Waals surface area (Å²) in [5.74, 6) is 0.953. The Morgan fingerprint density at radius 3 is 3.00 bits per heavy atom. The third-order valence-electron chi connectivity index (χ3n) is 4.10. The Bertz CT molecular complexity index is 443. The first-order chi connectivity index (χ1) is 9.85. The van der Waals surface area contributed by atoms with Crippen LogP contribution in [0.2, 0.25) is 0 Å². The van der Waals surface area contributed by atoms with E-state index >= 15 is 0 Å². The summed E-state index contributed by atoms with van der Waals surface area (Å²) < 4.78 is 11.6. The Balaban J connectivity index is 1.68. The molecule has 4 heteroatoms. The molecule has 3 rings (SSSR count). The number of hydrogen-bond donors (Lipinski definition) is 1. The van der Waals surface area contributed by atoms with Gasteiger partial charge in [-0.05, 0) is 37.0 Å². The van der Waals surface area contributed by atoms with Gasteiger partial charge >= 0.3 is 0 Å². The minimum Gasteiger partial charge on any atom is -0.492 e. The number of hydrogen-bond acceptors (Lipinski definition) is 4. The normalized spacial score (nSPS) is 23.8. The highest BCUT2D eigenvalue weighted by Gasteiger charge is 2.21. The van der Waals surface area contributed by atoms with Gasteiger partial charge in [-0.3, -0.25) is 4.90 Å². The zero-order valence-corrected chi connectivity index (χ0v) is 11.9. The third kappa shape index (κ3) is 3.32. The van der Waals surface area contributed by atoms with Crippen LogP contribution in [0.15, 0.2) is 18.2 Å². The molecule has 2 aliphatic rings. The SMILES string of the molecule is OCc1ccc2c(c1)CN(C[C@@H]1CCCCO1)CCO2. The molecule has 1 N–H and O–H groups in total. The van der Waals surface area contributed by atoms with Gasteiger partial charge in [0.05, 0.1) is 12.7 Å². The van der Waals surface area contributed by atoms with Crippen molar-refractivity contribution in [2.75, 3.05) is 26.3 Å². The minimum atomic E-state index is 0.0824. The van der Waals surface area contributed by atoms with Crippen molar-refractivity contribution >= 4 is 0 Å². The van der Waals surface area contributed by atoms with Gasteiger partial charge in [-0.15, -0.1) is 0 Å². The van der Waals surface area contributed by atoms with Gasteiger partial charge in [0.15, 0.2) is 0 Å². The van der Waals surface area contributed by atoms with Crippen LogP contribution in [0.1, 0.15) is 30.4 Å². The fourth-order valence-corrected chi connectivity index (χ4v) is 3.00. The molecule has 1 aromatic rings. The smallest absolute Gasteiger partial charge is 0.123 e. The highest BCUT2D eigenvalue weighted by molar-refractivity contribution is 5.37. The Morgan fingerprint density at radius 2 is 2.20 bits per heavy atom. The summed E-state index contributed by atoms with van der Waals surface area (Å²) in [5, 5.41) is 9.26. The molecule has 0 bridgehead atoms. The highest BCUT2D eigenvalue weighted by atomic mass is 16.5. The molecule has 4 nitrogen and oxygen atoms in total. The molecule has 0 spiro atoms. The monoisotopic (exact) mass is 277 g/mol. The van der Waals surface area contributed by atoms with Crippen molar-refractivity contribution in [3.05, 3.63) is 29.3 Å². The molecule has 0 amide bonds. The van der Waals surface area contributed by atoms with Gasteiger partial charge in [-0.2, -0.15) is 0 Å². The second-order valence-electron chi connectivity index (χ2n) is 5.67. The van der Waals surface area contributed by atoms with Crippen LogP contribution in [0.25, 0.3) is 0 Å². The van der Waals surface area contributed by atoms with Crippen LogP contribution in [-0.4, -0.2) is 42.4 Å². The molecule has 2 heterocycles. The maximum Gasteiger partial charge on any atom is 0.123 e. The Labute approximate surface area is 120 Å². The molecular formula is C16H23NO3. The van der Waals surface area contributed by atoms with Crippen LogP contribution in [-0.2, 0) is 17.9 Å². The van der Waals surface area contributed by atoms with E-state index in [1.807, 2.05) is 12.1 Å². The lowest BCUT2D eigenvalue weighted by Crippen LogP contribution is -2.36. The van der Waals surface area contributed by atoms with Crippen LogP contribution in [0.5, 0.6) is 5.75 Å². The van der Waals surface area contributed by atoms with Crippen molar-refractivity contribution in [1.82, 2.24) is 4.90 Å². The van der Waals surface area contributed by atoms with Crippen LogP contribution in [0, 0.1) is 0 Å². The zero-order valence-electron chi connectivity index (χ0n) is 11.9. The second-order valence-corrected chi connectivity index (χ2v) is 5.67. The molecule has 20 heavy (non-hydrogen) atoms. The summed E-state index contributed by atoms with van der Waals surface area (Å²) >= 11 is 0. The van der Waals surface area contributed by atoms with Crippen molar-refractivity contribution in [3.8, 4) is 5.75 Å². The Kier molecular flexibility index (Phi) is 4.55. The predicted octanol–water partition coefficient (Wildman–Crippen LogP) is 1.94. The van der Waals surface area contributed by atoms with Gasteiger partial charge in [0.2, 0.25) is 0 Å². The highest BCUT2D eigenvalue weighted by Crippen LogP contribution is 2.25. The maximum atomic E-state index is 9.26. The van der Waals surface area contributed by atoms with Crippen molar-refractivity contribution in [2.45, 2.75) is 38.5 Å². The lowest BCUT2D eigenvalue weighted by molar-refractivity contribution is -0.00766. The quantitative estimate of drug-likeness (QED) is 0.917. The molecule has 0 saturated carbocycles. The van der Waals surface area contributed by atoms with E-state index in [0.717, 1.165) is 44.2 Å². The number of benzene rings is 1. The summed E-state index contributed by atoms with van der Waals surface area (Å²) in [4.78, 5) is 2.41. The van der Waals surface area contributed by atoms with Crippen molar-refractivity contribution in [3.63, 3.8) is 0 Å². The average molecular weight is 277 g/mol. The molecule has 0 radical (unpaired) electrons. The first-order valence-corrected chi connectivity index (χ1v) is 7.54. The van der Waals surface area contributed by atoms with Gasteiger partial charge < -0.3 is 14.6 Å². The number of aliphatic hydroxyl groups excluding tert-OH is 1. The van der Waals surface area contributed by atoms with Crippen molar-refractivity contribution in [2.24, 2.45) is 0 Å². The fourth-order valence-electron chi connectivity index (χ4n) is 3.00. The summed E-state index contributed by atoms with van der Waals surface area (Å²) in [6.07, 6.45) is 4.01. The largest absolute Gasteiger partial charge is 0.492 e. The van der Waals surface area contributed by atoms with Gasteiger partial charge in [-0.25, -0.2) is 0 Å². The van der Waals surface area contributed by atoms with E-state index in [1.165, 1.54) is 24.8 Å². The van der Waals surface area contributed by atoms with Gasteiger partial charge in [-0.1, -0.05) is 6.07 Å². The molecule has 0 aliphatic carbocycles. The molecule has 0 aromatic heterocycles. The number of ether oxygens (including phenoxy) is 2. The molecule has 2 aliphatic heterocycles. The number of fused-ring (bicyclic) bond motifs is 1. The molecular weight excluding hydrogens is 254 g/mol. The third-order valence-corrected chi connectivity index (χ3v) is 4.10. The molecule has 1 saturated heterocycles. The average Bonchev–Trinajstić information content (AvgIpc) is 2.69. The van der Waals surface area contributed by atoms with E-state index in [4.69, 9.17) is 9.47 Å². The van der Waals surface area contributed by atoms with Gasteiger partial charge in [0.25, 0.3) is 0 Å². The minimum absolute atomic E-state index is 0.0824. The summed E-state index contributed by atoms with van der Waals surface area (Å²) in [6, 6.07) is 5.95. The summed E-state index contributed by atoms with van der Waals surface area (Å²) in [5.41, 5.74) is 2.12. The first-order valence-electron chi connectivity index (χ1n) is 7.54. The zero-order chi connectivity index (χ0) is 13.8. The Morgan fingerprint density at radius 1 is 1.25 bits per heavy atom. The maximum absolute atomic E-state index is 9.26. The second kappa shape index (κ2) is 6.57. The number of rotatable bonds is 3. The van der Waals surface area contributed by atoms with Crippen molar-refractivity contribution < 1.29 is 14.6 Å².